The molecule has 110 valence electrons. The van der Waals surface area contributed by atoms with Gasteiger partial charge < -0.3 is 16.0 Å². The Morgan fingerprint density at radius 3 is 2.55 bits per heavy atom. The second kappa shape index (κ2) is 5.65. The second-order valence-electron chi connectivity index (χ2n) is 4.74. The normalized spacial score (nSPS) is 10.4. The fraction of sp³-hybridized carbons (Fsp3) is 0.0667. The summed E-state index contributed by atoms with van der Waals surface area (Å²) in [5.41, 5.74) is 8.15. The quantitative estimate of drug-likeness (QED) is 0.684. The first kappa shape index (κ1) is 13.7. The SMILES string of the molecule is Cc1cnc(-c2ccccc2NC(=O)c2cnc(N)nc2)[nH]1. The van der Waals surface area contributed by atoms with Gasteiger partial charge in [-0.25, -0.2) is 15.0 Å². The van der Waals surface area contributed by atoms with Gasteiger partial charge in [-0.05, 0) is 19.1 Å². The largest absolute Gasteiger partial charge is 0.368 e. The molecular formula is C15H14N6O. The third kappa shape index (κ3) is 2.78. The van der Waals surface area contributed by atoms with Gasteiger partial charge in [-0.15, -0.1) is 0 Å². The molecule has 0 saturated carbocycles. The number of nitrogens with one attached hydrogen (secondary N) is 2. The van der Waals surface area contributed by atoms with Gasteiger partial charge in [-0.1, -0.05) is 12.1 Å². The molecule has 2 aromatic heterocycles. The Morgan fingerprint density at radius 2 is 1.86 bits per heavy atom. The van der Waals surface area contributed by atoms with Gasteiger partial charge in [-0.3, -0.25) is 4.79 Å². The molecule has 0 aliphatic rings. The van der Waals surface area contributed by atoms with Crippen LogP contribution in [-0.2, 0) is 0 Å². The van der Waals surface area contributed by atoms with E-state index in [4.69, 9.17) is 5.73 Å². The number of benzene rings is 1. The highest BCUT2D eigenvalue weighted by Gasteiger charge is 2.12. The Hall–Kier alpha value is -3.22. The molecule has 0 bridgehead atoms. The minimum Gasteiger partial charge on any atom is -0.368 e. The number of carbonyl (C=O) groups is 1. The van der Waals surface area contributed by atoms with Crippen molar-refractivity contribution in [2.45, 2.75) is 6.92 Å². The number of hydrogen-bond donors (Lipinski definition) is 3. The number of hydrogen-bond acceptors (Lipinski definition) is 5. The molecule has 7 nitrogen and oxygen atoms in total. The number of nitrogens with two attached hydrogens (primary N) is 1. The number of aromatic nitrogens is 4. The highest BCUT2D eigenvalue weighted by atomic mass is 16.1. The number of carbonyl (C=O) groups excluding carboxylic acids is 1. The molecule has 1 amide bonds. The zero-order valence-electron chi connectivity index (χ0n) is 11.9. The molecule has 0 unspecified atom stereocenters. The van der Waals surface area contributed by atoms with Gasteiger partial charge in [0.25, 0.3) is 5.91 Å². The minimum absolute atomic E-state index is 0.128. The van der Waals surface area contributed by atoms with Crippen LogP contribution in [0.15, 0.2) is 42.9 Å². The Labute approximate surface area is 126 Å². The van der Waals surface area contributed by atoms with Crippen molar-refractivity contribution < 1.29 is 4.79 Å². The maximum Gasteiger partial charge on any atom is 0.258 e. The van der Waals surface area contributed by atoms with Gasteiger partial charge >= 0.3 is 0 Å². The number of rotatable bonds is 3. The van der Waals surface area contributed by atoms with E-state index in [0.717, 1.165) is 11.3 Å². The number of nitrogens with zero attached hydrogens (tertiary/aromatic N) is 3. The summed E-state index contributed by atoms with van der Waals surface area (Å²) in [6.45, 7) is 1.92. The van der Waals surface area contributed by atoms with E-state index in [2.05, 4.69) is 25.3 Å². The van der Waals surface area contributed by atoms with Crippen LogP contribution in [0.4, 0.5) is 11.6 Å². The molecule has 1 aromatic carbocycles. The molecule has 3 rings (SSSR count). The van der Waals surface area contributed by atoms with Crippen LogP contribution in [0.2, 0.25) is 0 Å². The smallest absolute Gasteiger partial charge is 0.258 e. The maximum atomic E-state index is 12.3. The monoisotopic (exact) mass is 294 g/mol. The van der Waals surface area contributed by atoms with E-state index in [1.54, 1.807) is 6.20 Å². The van der Waals surface area contributed by atoms with Crippen LogP contribution in [0.3, 0.4) is 0 Å². The van der Waals surface area contributed by atoms with Crippen molar-refractivity contribution >= 4 is 17.5 Å². The van der Waals surface area contributed by atoms with Gasteiger partial charge in [0.1, 0.15) is 5.82 Å². The number of nitrogen functional groups attached to an aromatic ring is 1. The van der Waals surface area contributed by atoms with Crippen molar-refractivity contribution in [2.75, 3.05) is 11.1 Å². The van der Waals surface area contributed by atoms with E-state index >= 15 is 0 Å². The first-order valence-electron chi connectivity index (χ1n) is 6.63. The predicted octanol–water partition coefficient (Wildman–Crippen LogP) is 2.01. The average molecular weight is 294 g/mol. The van der Waals surface area contributed by atoms with E-state index in [9.17, 15) is 4.79 Å². The third-order valence-corrected chi connectivity index (χ3v) is 3.07. The lowest BCUT2D eigenvalue weighted by atomic mass is 10.1. The molecule has 7 heteroatoms. The summed E-state index contributed by atoms with van der Waals surface area (Å²) < 4.78 is 0. The summed E-state index contributed by atoms with van der Waals surface area (Å²) >= 11 is 0. The zero-order chi connectivity index (χ0) is 15.5. The van der Waals surface area contributed by atoms with Crippen LogP contribution < -0.4 is 11.1 Å². The Bertz CT molecular complexity index is 809. The molecule has 4 N–H and O–H groups in total. The summed E-state index contributed by atoms with van der Waals surface area (Å²) in [7, 11) is 0. The number of para-hydroxylation sites is 1. The van der Waals surface area contributed by atoms with Crippen molar-refractivity contribution in [1.29, 1.82) is 0 Å². The number of aryl methyl sites for hydroxylation is 1. The average Bonchev–Trinajstić information content (AvgIpc) is 2.95. The van der Waals surface area contributed by atoms with Crippen LogP contribution in [0.25, 0.3) is 11.4 Å². The zero-order valence-corrected chi connectivity index (χ0v) is 11.9. The summed E-state index contributed by atoms with van der Waals surface area (Å²) in [5.74, 6) is 0.515. The summed E-state index contributed by atoms with van der Waals surface area (Å²) in [4.78, 5) is 27.3. The van der Waals surface area contributed by atoms with Crippen LogP contribution >= 0.6 is 0 Å². The summed E-state index contributed by atoms with van der Waals surface area (Å²) in [5, 5.41) is 2.83. The van der Waals surface area contributed by atoms with E-state index in [1.807, 2.05) is 31.2 Å². The molecular weight excluding hydrogens is 280 g/mol. The number of anilines is 2. The van der Waals surface area contributed by atoms with Gasteiger partial charge in [0.2, 0.25) is 5.95 Å². The molecule has 0 atom stereocenters. The molecule has 0 fully saturated rings. The van der Waals surface area contributed by atoms with E-state index in [0.29, 0.717) is 17.1 Å². The molecule has 22 heavy (non-hydrogen) atoms. The van der Waals surface area contributed by atoms with Crippen LogP contribution in [0.1, 0.15) is 16.1 Å². The molecule has 2 heterocycles. The van der Waals surface area contributed by atoms with Crippen molar-refractivity contribution in [2.24, 2.45) is 0 Å². The maximum absolute atomic E-state index is 12.3. The first-order valence-corrected chi connectivity index (χ1v) is 6.63. The van der Waals surface area contributed by atoms with Gasteiger partial charge in [-0.2, -0.15) is 0 Å². The molecule has 0 radical (unpaired) electrons. The molecule has 0 saturated heterocycles. The number of aromatic amines is 1. The highest BCUT2D eigenvalue weighted by molar-refractivity contribution is 6.05. The van der Waals surface area contributed by atoms with E-state index < -0.39 is 0 Å². The Kier molecular flexibility index (Phi) is 3.53. The van der Waals surface area contributed by atoms with Gasteiger partial charge in [0.05, 0.1) is 11.3 Å². The van der Waals surface area contributed by atoms with Crippen LogP contribution in [0, 0.1) is 6.92 Å². The van der Waals surface area contributed by atoms with Crippen molar-refractivity contribution in [3.63, 3.8) is 0 Å². The van der Waals surface area contributed by atoms with Gasteiger partial charge in [0.15, 0.2) is 0 Å². The lowest BCUT2D eigenvalue weighted by Gasteiger charge is -2.09. The van der Waals surface area contributed by atoms with Crippen LogP contribution in [-0.4, -0.2) is 25.8 Å². The fourth-order valence-corrected chi connectivity index (χ4v) is 2.00. The standard InChI is InChI=1S/C15H14N6O/c1-9-6-17-13(20-9)11-4-2-3-5-12(11)21-14(22)10-7-18-15(16)19-8-10/h2-8H,1H3,(H,17,20)(H,21,22)(H2,16,18,19). The number of imidazole rings is 1. The third-order valence-electron chi connectivity index (χ3n) is 3.07. The fourth-order valence-electron chi connectivity index (χ4n) is 2.00. The predicted molar refractivity (Wildman–Crippen MR) is 83.2 cm³/mol. The summed E-state index contributed by atoms with van der Waals surface area (Å²) in [6.07, 6.45) is 4.51. The van der Waals surface area contributed by atoms with Crippen LogP contribution in [0.5, 0.6) is 0 Å². The van der Waals surface area contributed by atoms with E-state index in [1.165, 1.54) is 12.4 Å². The first-order chi connectivity index (χ1) is 10.6. The second-order valence-corrected chi connectivity index (χ2v) is 4.74. The molecule has 3 aromatic rings. The van der Waals surface area contributed by atoms with Gasteiger partial charge in [0, 0.05) is 29.8 Å². The Morgan fingerprint density at radius 1 is 1.14 bits per heavy atom. The molecule has 0 spiro atoms. The van der Waals surface area contributed by atoms with Crippen molar-refractivity contribution in [3.8, 4) is 11.4 Å². The van der Waals surface area contributed by atoms with E-state index in [-0.39, 0.29) is 11.9 Å². The minimum atomic E-state index is -0.310. The molecule has 0 aliphatic heterocycles. The lowest BCUT2D eigenvalue weighted by molar-refractivity contribution is 0.102. The molecule has 0 aliphatic carbocycles. The lowest BCUT2D eigenvalue weighted by Crippen LogP contribution is -2.13. The number of H-pyrrole nitrogens is 1. The summed E-state index contributed by atoms with van der Waals surface area (Å²) in [6, 6.07) is 7.42. The highest BCUT2D eigenvalue weighted by Crippen LogP contribution is 2.25. The van der Waals surface area contributed by atoms with Crippen molar-refractivity contribution in [1.82, 2.24) is 19.9 Å². The number of amides is 1. The topological polar surface area (TPSA) is 110 Å². The van der Waals surface area contributed by atoms with Crippen molar-refractivity contribution in [3.05, 3.63) is 54.1 Å². The Balaban J connectivity index is 1.89.